The van der Waals surface area contributed by atoms with E-state index in [9.17, 15) is 0 Å². The van der Waals surface area contributed by atoms with Crippen LogP contribution in [-0.4, -0.2) is 3.71 Å². The van der Waals surface area contributed by atoms with E-state index in [1.807, 2.05) is 64.1 Å². The normalized spacial score (nSPS) is 20.8. The first kappa shape index (κ1) is 20.8. The Kier molecular flexibility index (Phi) is 5.05. The molecule has 0 N–H and O–H groups in total. The molecule has 2 atom stereocenters. The maximum absolute atomic E-state index is 17.5. The van der Waals surface area contributed by atoms with E-state index in [1.165, 1.54) is 3.71 Å². The molecule has 2 unspecified atom stereocenters. The SMILES string of the molecule is C[CH]=[Zr]([F])([F])([CH]1C(CC)=Cc2c(C)cccc21)[CH]1C(CC)=Cc2c(C)cccc21. The van der Waals surface area contributed by atoms with E-state index in [-0.39, 0.29) is 0 Å². The molecule has 0 radical (unpaired) electrons. The summed E-state index contributed by atoms with van der Waals surface area (Å²) in [6.07, 6.45) is 5.46. The Labute approximate surface area is 175 Å². The molecule has 0 spiro atoms. The second-order valence-corrected chi connectivity index (χ2v) is 19.0. The van der Waals surface area contributed by atoms with Gasteiger partial charge in [0.2, 0.25) is 0 Å². The molecule has 0 saturated heterocycles. The summed E-state index contributed by atoms with van der Waals surface area (Å²) in [5.74, 6) is 0. The van der Waals surface area contributed by atoms with Crippen LogP contribution < -0.4 is 0 Å². The van der Waals surface area contributed by atoms with Crippen molar-refractivity contribution in [2.75, 3.05) is 0 Å². The first-order valence-electron chi connectivity index (χ1n) is 10.7. The second kappa shape index (κ2) is 7.05. The van der Waals surface area contributed by atoms with Crippen LogP contribution in [0, 0.1) is 13.8 Å². The summed E-state index contributed by atoms with van der Waals surface area (Å²) in [4.78, 5) is 0. The van der Waals surface area contributed by atoms with Gasteiger partial charge in [-0.25, -0.2) is 0 Å². The molecule has 152 valence electrons. The molecule has 0 saturated carbocycles. The van der Waals surface area contributed by atoms with Crippen molar-refractivity contribution in [3.8, 4) is 0 Å². The summed E-state index contributed by atoms with van der Waals surface area (Å²) in [5, 5.41) is 0. The van der Waals surface area contributed by atoms with Gasteiger partial charge in [-0.15, -0.1) is 0 Å². The van der Waals surface area contributed by atoms with Crippen molar-refractivity contribution in [2.24, 2.45) is 0 Å². The number of hydrogen-bond acceptors (Lipinski definition) is 0. The van der Waals surface area contributed by atoms with Gasteiger partial charge in [-0.1, -0.05) is 0 Å². The van der Waals surface area contributed by atoms with Crippen LogP contribution in [0.25, 0.3) is 12.2 Å². The van der Waals surface area contributed by atoms with Crippen LogP contribution in [0.1, 0.15) is 74.2 Å². The van der Waals surface area contributed by atoms with Crippen LogP contribution in [0.4, 0.5) is 5.25 Å². The number of allylic oxidation sites excluding steroid dienone is 2. The van der Waals surface area contributed by atoms with E-state index < -0.39 is 26.8 Å². The van der Waals surface area contributed by atoms with Crippen molar-refractivity contribution in [2.45, 2.75) is 54.7 Å². The molecule has 0 amide bonds. The second-order valence-electron chi connectivity index (χ2n) is 8.68. The topological polar surface area (TPSA) is 0 Å². The molecule has 0 fully saturated rings. The van der Waals surface area contributed by atoms with E-state index >= 15 is 5.25 Å². The number of benzene rings is 2. The van der Waals surface area contributed by atoms with Gasteiger partial charge in [-0.2, -0.15) is 0 Å². The van der Waals surface area contributed by atoms with Crippen LogP contribution >= 0.6 is 0 Å². The number of rotatable bonds is 4. The number of hydrogen-bond donors (Lipinski definition) is 0. The molecule has 2 aromatic carbocycles. The molecule has 2 aliphatic rings. The average molecular weight is 472 g/mol. The standard InChI is InChI=1S/2C12H13.C2H4.2FH.Zr/c2*1-3-10-7-11-6-4-5-9(2)12(11)8-10;1-2;;;/h2*4-8H,3H2,1-2H3;1H,2H3;2*1H;/q;;;;;+2/p-2. The molecule has 0 aromatic heterocycles. The van der Waals surface area contributed by atoms with Crippen molar-refractivity contribution in [1.29, 1.82) is 0 Å². The van der Waals surface area contributed by atoms with Gasteiger partial charge in [0.05, 0.1) is 0 Å². The van der Waals surface area contributed by atoms with Gasteiger partial charge in [-0.05, 0) is 0 Å². The molecular formula is C26H30F2Zr. The van der Waals surface area contributed by atoms with Gasteiger partial charge < -0.3 is 0 Å². The molecule has 2 aromatic rings. The number of halogens is 2. The molecule has 2 aliphatic carbocycles. The maximum atomic E-state index is 17.5. The van der Waals surface area contributed by atoms with Crippen molar-refractivity contribution < 1.29 is 24.8 Å². The van der Waals surface area contributed by atoms with Crippen molar-refractivity contribution >= 4 is 15.9 Å². The van der Waals surface area contributed by atoms with Gasteiger partial charge >= 0.3 is 176 Å². The molecule has 3 heteroatoms. The fourth-order valence-electron chi connectivity index (χ4n) is 5.66. The fourth-order valence-corrected chi connectivity index (χ4v) is 17.2. The van der Waals surface area contributed by atoms with E-state index in [2.05, 4.69) is 12.2 Å². The Morgan fingerprint density at radius 2 is 1.21 bits per heavy atom. The number of fused-ring (bicyclic) bond motifs is 2. The average Bonchev–Trinajstić information content (AvgIpc) is 3.29. The summed E-state index contributed by atoms with van der Waals surface area (Å²) >= 11 is -6.50. The predicted octanol–water partition coefficient (Wildman–Crippen LogP) is 7.98. The zero-order valence-corrected chi connectivity index (χ0v) is 20.5. The molecule has 29 heavy (non-hydrogen) atoms. The van der Waals surface area contributed by atoms with E-state index in [4.69, 9.17) is 0 Å². The molecule has 0 nitrogen and oxygen atoms in total. The Hall–Kier alpha value is -1.47. The molecule has 0 heterocycles. The fraction of sp³-hybridized carbons (Fsp3) is 0.346. The van der Waals surface area contributed by atoms with E-state index in [0.29, 0.717) is 12.8 Å². The third-order valence-electron chi connectivity index (χ3n) is 7.21. The first-order valence-corrected chi connectivity index (χ1v) is 16.9. The summed E-state index contributed by atoms with van der Waals surface area (Å²) in [5.41, 5.74) is 7.78. The Bertz CT molecular complexity index is 1050. The Balaban J connectivity index is 2.02. The Morgan fingerprint density at radius 3 is 1.55 bits per heavy atom. The van der Waals surface area contributed by atoms with Gasteiger partial charge in [0.15, 0.2) is 0 Å². The Morgan fingerprint density at radius 1 is 0.793 bits per heavy atom. The van der Waals surface area contributed by atoms with Crippen LogP contribution in [0.5, 0.6) is 0 Å². The van der Waals surface area contributed by atoms with Crippen LogP contribution in [-0.2, 0) is 19.5 Å². The molecule has 4 rings (SSSR count). The van der Waals surface area contributed by atoms with Crippen molar-refractivity contribution in [3.05, 3.63) is 80.9 Å². The van der Waals surface area contributed by atoms with E-state index in [1.54, 1.807) is 6.92 Å². The first-order chi connectivity index (χ1) is 13.8. The zero-order chi connectivity index (χ0) is 21.0. The van der Waals surface area contributed by atoms with Gasteiger partial charge in [-0.3, -0.25) is 0 Å². The summed E-state index contributed by atoms with van der Waals surface area (Å²) in [6.45, 7) is 9.75. The van der Waals surface area contributed by atoms with Gasteiger partial charge in [0.25, 0.3) is 0 Å². The number of aryl methyl sites for hydroxylation is 2. The quantitative estimate of drug-likeness (QED) is 0.424. The van der Waals surface area contributed by atoms with Crippen LogP contribution in [0.3, 0.4) is 0 Å². The zero-order valence-electron chi connectivity index (χ0n) is 18.0. The summed E-state index contributed by atoms with van der Waals surface area (Å²) < 4.78 is 35.0. The van der Waals surface area contributed by atoms with Crippen LogP contribution in [0.15, 0.2) is 47.5 Å². The summed E-state index contributed by atoms with van der Waals surface area (Å²) in [7, 11) is 0. The monoisotopic (exact) mass is 470 g/mol. The molecule has 0 bridgehead atoms. The van der Waals surface area contributed by atoms with Crippen LogP contribution in [0.2, 0.25) is 0 Å². The third-order valence-corrected chi connectivity index (χ3v) is 18.7. The van der Waals surface area contributed by atoms with Gasteiger partial charge in [0.1, 0.15) is 0 Å². The summed E-state index contributed by atoms with van der Waals surface area (Å²) in [6, 6.07) is 11.9. The molecule has 0 aliphatic heterocycles. The minimum atomic E-state index is -6.50. The third kappa shape index (κ3) is 2.87. The minimum absolute atomic E-state index is 0.670. The molecular weight excluding hydrogens is 442 g/mol. The predicted molar refractivity (Wildman–Crippen MR) is 118 cm³/mol. The van der Waals surface area contributed by atoms with Crippen molar-refractivity contribution in [1.82, 2.24) is 0 Å². The van der Waals surface area contributed by atoms with Gasteiger partial charge in [0, 0.05) is 0 Å². The van der Waals surface area contributed by atoms with E-state index in [0.717, 1.165) is 44.5 Å². The van der Waals surface area contributed by atoms with Crippen molar-refractivity contribution in [3.63, 3.8) is 0 Å².